The summed E-state index contributed by atoms with van der Waals surface area (Å²) in [5.41, 5.74) is 0.874. The number of halogens is 1. The normalized spacial score (nSPS) is 28.1. The van der Waals surface area contributed by atoms with Gasteiger partial charge in [-0.15, -0.1) is 0 Å². The highest BCUT2D eigenvalue weighted by Gasteiger charge is 2.59. The van der Waals surface area contributed by atoms with E-state index in [0.29, 0.717) is 0 Å². The molecule has 3 fully saturated rings. The van der Waals surface area contributed by atoms with Crippen molar-refractivity contribution in [2.75, 3.05) is 13.1 Å². The Morgan fingerprint density at radius 1 is 1.24 bits per heavy atom. The van der Waals surface area contributed by atoms with Gasteiger partial charge in [-0.05, 0) is 68.3 Å². The third kappa shape index (κ3) is 2.26. The van der Waals surface area contributed by atoms with Crippen LogP contribution in [-0.2, 0) is 10.3 Å². The number of benzene rings is 1. The lowest BCUT2D eigenvalue weighted by Gasteiger charge is -2.24. The lowest BCUT2D eigenvalue weighted by molar-refractivity contribution is -0.124. The van der Waals surface area contributed by atoms with Crippen molar-refractivity contribution >= 4 is 5.91 Å². The minimum absolute atomic E-state index is 0.172. The summed E-state index contributed by atoms with van der Waals surface area (Å²) >= 11 is 0. The summed E-state index contributed by atoms with van der Waals surface area (Å²) in [5.74, 6) is 0.124. The molecule has 4 heteroatoms. The van der Waals surface area contributed by atoms with Gasteiger partial charge in [0.05, 0.1) is 5.54 Å². The third-order valence-electron chi connectivity index (χ3n) is 5.60. The zero-order chi connectivity index (χ0) is 14.5. The highest BCUT2D eigenvalue weighted by atomic mass is 19.1. The van der Waals surface area contributed by atoms with E-state index in [1.165, 1.54) is 6.07 Å². The van der Waals surface area contributed by atoms with Gasteiger partial charge in [-0.2, -0.15) is 0 Å². The molecule has 0 aromatic heterocycles. The van der Waals surface area contributed by atoms with Crippen molar-refractivity contribution in [3.8, 4) is 0 Å². The van der Waals surface area contributed by atoms with Crippen LogP contribution in [0.25, 0.3) is 0 Å². The van der Waals surface area contributed by atoms with Crippen molar-refractivity contribution < 1.29 is 9.18 Å². The molecule has 0 radical (unpaired) electrons. The minimum atomic E-state index is -0.296. The van der Waals surface area contributed by atoms with Gasteiger partial charge in [-0.1, -0.05) is 12.1 Å². The molecule has 21 heavy (non-hydrogen) atoms. The van der Waals surface area contributed by atoms with Crippen molar-refractivity contribution in [3.05, 3.63) is 35.6 Å². The maximum absolute atomic E-state index is 13.4. The van der Waals surface area contributed by atoms with Crippen LogP contribution in [0.4, 0.5) is 4.39 Å². The van der Waals surface area contributed by atoms with Crippen LogP contribution in [0, 0.1) is 17.2 Å². The average molecular weight is 288 g/mol. The summed E-state index contributed by atoms with van der Waals surface area (Å²) in [6.45, 7) is 2.05. The summed E-state index contributed by atoms with van der Waals surface area (Å²) in [6, 6.07) is 6.65. The van der Waals surface area contributed by atoms with Crippen LogP contribution in [0.15, 0.2) is 24.3 Å². The standard InChI is InChI=1S/C17H21FN2O/c18-13-3-1-2-12(10-13)17(4-5-17)20-15(21)14-11-16(14)6-8-19-9-7-16/h1-3,10,14,19H,4-9,11H2,(H,20,21). The van der Waals surface area contributed by atoms with Gasteiger partial charge in [0.1, 0.15) is 5.82 Å². The van der Waals surface area contributed by atoms with E-state index in [9.17, 15) is 9.18 Å². The van der Waals surface area contributed by atoms with Crippen LogP contribution in [-0.4, -0.2) is 19.0 Å². The van der Waals surface area contributed by atoms with Crippen LogP contribution in [0.2, 0.25) is 0 Å². The Balaban J connectivity index is 1.45. The van der Waals surface area contributed by atoms with E-state index in [4.69, 9.17) is 0 Å². The van der Waals surface area contributed by atoms with Crippen LogP contribution in [0.3, 0.4) is 0 Å². The van der Waals surface area contributed by atoms with Gasteiger partial charge in [-0.3, -0.25) is 4.79 Å². The van der Waals surface area contributed by atoms with Gasteiger partial charge in [0.15, 0.2) is 0 Å². The number of rotatable bonds is 3. The fourth-order valence-corrected chi connectivity index (χ4v) is 3.92. The van der Waals surface area contributed by atoms with E-state index in [1.807, 2.05) is 6.07 Å². The molecule has 1 spiro atoms. The first-order valence-corrected chi connectivity index (χ1v) is 7.92. The molecular formula is C17H21FN2O. The van der Waals surface area contributed by atoms with E-state index in [1.54, 1.807) is 12.1 Å². The zero-order valence-electron chi connectivity index (χ0n) is 12.1. The van der Waals surface area contributed by atoms with E-state index < -0.39 is 0 Å². The summed E-state index contributed by atoms with van der Waals surface area (Å²) in [4.78, 5) is 12.6. The summed E-state index contributed by atoms with van der Waals surface area (Å²) in [7, 11) is 0. The molecular weight excluding hydrogens is 267 g/mol. The number of hydrogen-bond acceptors (Lipinski definition) is 2. The smallest absolute Gasteiger partial charge is 0.224 e. The van der Waals surface area contributed by atoms with E-state index >= 15 is 0 Å². The van der Waals surface area contributed by atoms with Crippen molar-refractivity contribution in [2.24, 2.45) is 11.3 Å². The first-order valence-electron chi connectivity index (χ1n) is 7.92. The first kappa shape index (κ1) is 13.3. The number of carbonyl (C=O) groups is 1. The highest BCUT2D eigenvalue weighted by Crippen LogP contribution is 2.59. The minimum Gasteiger partial charge on any atom is -0.346 e. The van der Waals surface area contributed by atoms with Gasteiger partial charge in [-0.25, -0.2) is 4.39 Å². The molecule has 1 unspecified atom stereocenters. The quantitative estimate of drug-likeness (QED) is 0.896. The monoisotopic (exact) mass is 288 g/mol. The lowest BCUT2D eigenvalue weighted by Crippen LogP contribution is -2.38. The predicted octanol–water partition coefficient (Wildman–Crippen LogP) is 2.32. The maximum Gasteiger partial charge on any atom is 0.224 e. The first-order chi connectivity index (χ1) is 10.1. The van der Waals surface area contributed by atoms with Crippen molar-refractivity contribution in [1.82, 2.24) is 10.6 Å². The Hall–Kier alpha value is -1.42. The zero-order valence-corrected chi connectivity index (χ0v) is 12.1. The Morgan fingerprint density at radius 2 is 2.00 bits per heavy atom. The molecule has 1 amide bonds. The fraction of sp³-hybridized carbons (Fsp3) is 0.588. The van der Waals surface area contributed by atoms with Gasteiger partial charge in [0.2, 0.25) is 5.91 Å². The second-order valence-electron chi connectivity index (χ2n) is 6.95. The molecule has 112 valence electrons. The van der Waals surface area contributed by atoms with E-state index in [0.717, 1.165) is 50.8 Å². The van der Waals surface area contributed by atoms with E-state index in [-0.39, 0.29) is 28.6 Å². The Morgan fingerprint density at radius 3 is 2.67 bits per heavy atom. The third-order valence-corrected chi connectivity index (χ3v) is 5.60. The van der Waals surface area contributed by atoms with Crippen LogP contribution >= 0.6 is 0 Å². The predicted molar refractivity (Wildman–Crippen MR) is 78.1 cm³/mol. The maximum atomic E-state index is 13.4. The second kappa shape index (κ2) is 4.54. The Kier molecular flexibility index (Phi) is 2.86. The molecule has 3 aliphatic rings. The fourth-order valence-electron chi connectivity index (χ4n) is 3.92. The van der Waals surface area contributed by atoms with Crippen molar-refractivity contribution in [3.63, 3.8) is 0 Å². The number of carbonyl (C=O) groups excluding carboxylic acids is 1. The van der Waals surface area contributed by atoms with Gasteiger partial charge in [0.25, 0.3) is 0 Å². The molecule has 4 rings (SSSR count). The number of hydrogen-bond donors (Lipinski definition) is 2. The summed E-state index contributed by atoms with van der Waals surface area (Å²) < 4.78 is 13.4. The molecule has 1 aromatic rings. The summed E-state index contributed by atoms with van der Waals surface area (Å²) in [5, 5.41) is 6.58. The van der Waals surface area contributed by atoms with Gasteiger partial charge >= 0.3 is 0 Å². The van der Waals surface area contributed by atoms with Gasteiger partial charge < -0.3 is 10.6 Å². The molecule has 1 aliphatic heterocycles. The van der Waals surface area contributed by atoms with Crippen LogP contribution in [0.5, 0.6) is 0 Å². The molecule has 2 saturated carbocycles. The second-order valence-corrected chi connectivity index (χ2v) is 6.95. The molecule has 3 nitrogen and oxygen atoms in total. The van der Waals surface area contributed by atoms with Crippen molar-refractivity contribution in [2.45, 2.75) is 37.6 Å². The number of piperidine rings is 1. The Labute approximate surface area is 124 Å². The molecule has 2 N–H and O–H groups in total. The molecule has 1 aromatic carbocycles. The van der Waals surface area contributed by atoms with Crippen LogP contribution in [0.1, 0.15) is 37.7 Å². The largest absolute Gasteiger partial charge is 0.346 e. The average Bonchev–Trinajstić information content (AvgIpc) is 3.38. The number of nitrogens with one attached hydrogen (secondary N) is 2. The van der Waals surface area contributed by atoms with Crippen molar-refractivity contribution in [1.29, 1.82) is 0 Å². The highest BCUT2D eigenvalue weighted by molar-refractivity contribution is 5.84. The molecule has 1 heterocycles. The molecule has 2 aliphatic carbocycles. The molecule has 0 bridgehead atoms. The summed E-state index contributed by atoms with van der Waals surface area (Å²) in [6.07, 6.45) is 5.09. The van der Waals surface area contributed by atoms with Gasteiger partial charge in [0, 0.05) is 5.92 Å². The lowest BCUT2D eigenvalue weighted by atomic mass is 9.91. The molecule has 1 atom stereocenters. The topological polar surface area (TPSA) is 41.1 Å². The van der Waals surface area contributed by atoms with E-state index in [2.05, 4.69) is 10.6 Å². The SMILES string of the molecule is O=C(NC1(c2cccc(F)c2)CC1)C1CC12CCNCC2. The van der Waals surface area contributed by atoms with Crippen LogP contribution < -0.4 is 10.6 Å². The Bertz CT molecular complexity index is 576. The molecule has 1 saturated heterocycles. The number of amides is 1.